The predicted molar refractivity (Wildman–Crippen MR) is 190 cm³/mol. The molecule has 51 heavy (non-hydrogen) atoms. The number of nitrogens with zero attached hydrogens (tertiary/aromatic N) is 2. The Bertz CT molecular complexity index is 1830. The molecular weight excluding hydrogens is 654 g/mol. The zero-order valence-electron chi connectivity index (χ0n) is 28.5. The molecule has 4 amide bonds. The van der Waals surface area contributed by atoms with E-state index in [4.69, 9.17) is 5.11 Å². The van der Waals surface area contributed by atoms with Crippen LogP contribution in [0.2, 0.25) is 0 Å². The Morgan fingerprint density at radius 2 is 1.39 bits per heavy atom. The number of carbonyl (C=O) groups excluding carboxylic acids is 5. The number of aliphatic hydroxyl groups is 1. The van der Waals surface area contributed by atoms with E-state index in [1.807, 2.05) is 60.7 Å². The highest BCUT2D eigenvalue weighted by Gasteiger charge is 2.33. The van der Waals surface area contributed by atoms with Crippen molar-refractivity contribution in [2.45, 2.75) is 69.8 Å². The van der Waals surface area contributed by atoms with Gasteiger partial charge in [0.25, 0.3) is 0 Å². The smallest absolute Gasteiger partial charge is 0.303 e. The number of carboxylic acids is 1. The van der Waals surface area contributed by atoms with Gasteiger partial charge in [-0.15, -0.1) is 0 Å². The molecule has 4 aromatic rings. The monoisotopic (exact) mass is 697 g/mol. The molecule has 2 unspecified atom stereocenters. The highest BCUT2D eigenvalue weighted by Crippen LogP contribution is 2.22. The number of hydrogen-bond acceptors (Lipinski definition) is 7. The molecule has 4 rings (SSSR count). The maximum absolute atomic E-state index is 14.2. The van der Waals surface area contributed by atoms with E-state index in [0.29, 0.717) is 22.9 Å². The van der Waals surface area contributed by atoms with Crippen LogP contribution in [-0.2, 0) is 48.2 Å². The molecule has 4 atom stereocenters. The van der Waals surface area contributed by atoms with Crippen molar-refractivity contribution < 1.29 is 39.0 Å². The average molecular weight is 698 g/mol. The number of aliphatic hydroxyl groups excluding tert-OH is 1. The van der Waals surface area contributed by atoms with Gasteiger partial charge >= 0.3 is 5.97 Å². The standard InChI is InChI=1S/C38H43N5O8/c1-25(45)35(41-33(46)18-11-19-34(47)48)37(50)39-30(21-28-23-43(24-44)32-17-10-9-16-29(28)32)36(49)40-31(20-26-12-5-3-6-13-26)38(51)42(2)22-27-14-7-4-8-15-27/h3-10,12-17,23-25,30-31,35,45H,11,18-22H2,1-2H3,(H,39,50)(H,40,49)(H,41,46)(H,47,48)/t25?,30-,31+,35?/m1/s1. The van der Waals surface area contributed by atoms with Gasteiger partial charge in [0.05, 0.1) is 11.6 Å². The van der Waals surface area contributed by atoms with Crippen LogP contribution >= 0.6 is 0 Å². The van der Waals surface area contributed by atoms with Gasteiger partial charge in [-0.1, -0.05) is 78.9 Å². The van der Waals surface area contributed by atoms with E-state index in [1.165, 1.54) is 16.4 Å². The fourth-order valence-corrected chi connectivity index (χ4v) is 5.79. The first-order chi connectivity index (χ1) is 24.5. The lowest BCUT2D eigenvalue weighted by Gasteiger charge is -2.28. The molecule has 0 bridgehead atoms. The number of nitrogens with one attached hydrogen (secondary N) is 3. The summed E-state index contributed by atoms with van der Waals surface area (Å²) in [5.74, 6) is -3.67. The molecule has 0 aliphatic rings. The first-order valence-electron chi connectivity index (χ1n) is 16.6. The number of carboxylic acid groups (broad SMARTS) is 1. The molecule has 0 saturated heterocycles. The summed E-state index contributed by atoms with van der Waals surface area (Å²) in [6, 6.07) is 21.8. The third-order valence-electron chi connectivity index (χ3n) is 8.41. The molecule has 5 N–H and O–H groups in total. The second-order valence-corrected chi connectivity index (χ2v) is 12.4. The molecule has 268 valence electrons. The SMILES string of the molecule is CC(O)C(NC(=O)CCCC(=O)O)C(=O)N[C@H](Cc1cn(C=O)c2ccccc12)C(=O)N[C@@H](Cc1ccccc1)C(=O)N(C)Cc1ccccc1. The van der Waals surface area contributed by atoms with Crippen molar-refractivity contribution in [3.63, 3.8) is 0 Å². The van der Waals surface area contributed by atoms with Crippen LogP contribution in [0.15, 0.2) is 91.1 Å². The Hall–Kier alpha value is -5.82. The summed E-state index contributed by atoms with van der Waals surface area (Å²) in [6.07, 6.45) is 0.421. The molecule has 0 aliphatic carbocycles. The summed E-state index contributed by atoms with van der Waals surface area (Å²) < 4.78 is 1.36. The van der Waals surface area contributed by atoms with Gasteiger partial charge in [0, 0.05) is 50.9 Å². The molecular formula is C38H43N5O8. The van der Waals surface area contributed by atoms with Crippen molar-refractivity contribution in [2.75, 3.05) is 7.05 Å². The Balaban J connectivity index is 1.63. The van der Waals surface area contributed by atoms with Crippen LogP contribution in [-0.4, -0.2) is 87.0 Å². The van der Waals surface area contributed by atoms with E-state index in [2.05, 4.69) is 16.0 Å². The van der Waals surface area contributed by atoms with Gasteiger partial charge < -0.3 is 31.1 Å². The summed E-state index contributed by atoms with van der Waals surface area (Å²) in [7, 11) is 1.64. The van der Waals surface area contributed by atoms with Crippen molar-refractivity contribution in [2.24, 2.45) is 0 Å². The van der Waals surface area contributed by atoms with Crippen LogP contribution in [0.25, 0.3) is 10.9 Å². The number of carbonyl (C=O) groups is 6. The number of amides is 4. The van der Waals surface area contributed by atoms with Crippen LogP contribution in [0, 0.1) is 0 Å². The van der Waals surface area contributed by atoms with Gasteiger partial charge in [0.15, 0.2) is 0 Å². The van der Waals surface area contributed by atoms with E-state index < -0.39 is 47.9 Å². The van der Waals surface area contributed by atoms with Crippen LogP contribution in [0.3, 0.4) is 0 Å². The normalized spacial score (nSPS) is 13.3. The van der Waals surface area contributed by atoms with Crippen LogP contribution in [0.4, 0.5) is 0 Å². The quantitative estimate of drug-likeness (QED) is 0.0980. The predicted octanol–water partition coefficient (Wildman–Crippen LogP) is 2.21. The zero-order chi connectivity index (χ0) is 36.9. The topological polar surface area (TPSA) is 187 Å². The number of likely N-dealkylation sites (N-methyl/N-ethyl adjacent to an activating group) is 1. The number of aliphatic carboxylic acids is 1. The molecule has 0 saturated carbocycles. The highest BCUT2D eigenvalue weighted by atomic mass is 16.4. The van der Waals surface area contributed by atoms with Gasteiger partial charge in [-0.2, -0.15) is 0 Å². The van der Waals surface area contributed by atoms with E-state index >= 15 is 0 Å². The molecule has 1 aromatic heterocycles. The van der Waals surface area contributed by atoms with Crippen LogP contribution in [0.1, 0.15) is 42.9 Å². The second-order valence-electron chi connectivity index (χ2n) is 12.4. The minimum Gasteiger partial charge on any atom is -0.481 e. The largest absolute Gasteiger partial charge is 0.481 e. The van der Waals surface area contributed by atoms with Crippen molar-refractivity contribution in [1.82, 2.24) is 25.4 Å². The first-order valence-corrected chi connectivity index (χ1v) is 16.6. The molecule has 0 aliphatic heterocycles. The van der Waals surface area contributed by atoms with Gasteiger partial charge in [-0.3, -0.25) is 33.3 Å². The van der Waals surface area contributed by atoms with Crippen molar-refractivity contribution in [3.8, 4) is 0 Å². The fourth-order valence-electron chi connectivity index (χ4n) is 5.79. The van der Waals surface area contributed by atoms with Crippen molar-refractivity contribution in [1.29, 1.82) is 0 Å². The summed E-state index contributed by atoms with van der Waals surface area (Å²) in [4.78, 5) is 78.6. The number of fused-ring (bicyclic) bond motifs is 1. The third kappa shape index (κ3) is 10.8. The molecule has 0 spiro atoms. The number of rotatable bonds is 18. The molecule has 13 heteroatoms. The number of hydrogen-bond donors (Lipinski definition) is 5. The minimum atomic E-state index is -1.48. The Morgan fingerprint density at radius 1 is 0.784 bits per heavy atom. The molecule has 0 fully saturated rings. The lowest BCUT2D eigenvalue weighted by Crippen LogP contribution is -2.59. The third-order valence-corrected chi connectivity index (χ3v) is 8.41. The van der Waals surface area contributed by atoms with Crippen molar-refractivity contribution in [3.05, 3.63) is 108 Å². The number of benzene rings is 3. The number of para-hydroxylation sites is 1. The summed E-state index contributed by atoms with van der Waals surface area (Å²) in [6.45, 7) is 1.58. The van der Waals surface area contributed by atoms with Crippen LogP contribution in [0.5, 0.6) is 0 Å². The summed E-state index contributed by atoms with van der Waals surface area (Å²) >= 11 is 0. The maximum Gasteiger partial charge on any atom is 0.303 e. The highest BCUT2D eigenvalue weighted by molar-refractivity contribution is 5.96. The Morgan fingerprint density at radius 3 is 2.02 bits per heavy atom. The maximum atomic E-state index is 14.2. The summed E-state index contributed by atoms with van der Waals surface area (Å²) in [5, 5.41) is 28.0. The summed E-state index contributed by atoms with van der Waals surface area (Å²) in [5.41, 5.74) is 2.82. The molecule has 13 nitrogen and oxygen atoms in total. The Labute approximate surface area is 295 Å². The lowest BCUT2D eigenvalue weighted by molar-refractivity contribution is -0.138. The molecule has 3 aromatic carbocycles. The molecule has 0 radical (unpaired) electrons. The van der Waals surface area contributed by atoms with E-state index in [-0.39, 0.29) is 44.6 Å². The minimum absolute atomic E-state index is 0.0245. The van der Waals surface area contributed by atoms with Gasteiger partial charge in [0.2, 0.25) is 30.0 Å². The van der Waals surface area contributed by atoms with E-state index in [9.17, 15) is 33.9 Å². The Kier molecular flexibility index (Phi) is 13.6. The fraction of sp³-hybridized carbons (Fsp3) is 0.316. The van der Waals surface area contributed by atoms with Gasteiger partial charge in [-0.05, 0) is 36.1 Å². The average Bonchev–Trinajstić information content (AvgIpc) is 3.47. The first kappa shape index (κ1) is 38.0. The number of aromatic nitrogens is 1. The van der Waals surface area contributed by atoms with Crippen LogP contribution < -0.4 is 16.0 Å². The van der Waals surface area contributed by atoms with E-state index in [0.717, 1.165) is 11.1 Å². The van der Waals surface area contributed by atoms with Crippen molar-refractivity contribution >= 4 is 46.9 Å². The van der Waals surface area contributed by atoms with E-state index in [1.54, 1.807) is 37.5 Å². The lowest BCUT2D eigenvalue weighted by atomic mass is 10.0. The zero-order valence-corrected chi connectivity index (χ0v) is 28.5. The van der Waals surface area contributed by atoms with Gasteiger partial charge in [0.1, 0.15) is 18.1 Å². The van der Waals surface area contributed by atoms with Gasteiger partial charge in [-0.25, -0.2) is 0 Å². The second kappa shape index (κ2) is 18.3. The molecule has 1 heterocycles.